The Morgan fingerprint density at radius 1 is 0.926 bits per heavy atom. The van der Waals surface area contributed by atoms with Gasteiger partial charge in [0, 0.05) is 5.69 Å². The number of nitrogens with one attached hydrogen (secondary N) is 1. The van der Waals surface area contributed by atoms with Crippen LogP contribution in [0.25, 0.3) is 0 Å². The second-order valence-electron chi connectivity index (χ2n) is 5.92. The van der Waals surface area contributed by atoms with Crippen molar-refractivity contribution < 1.29 is 23.8 Å². The van der Waals surface area contributed by atoms with E-state index < -0.39 is 11.9 Å². The fourth-order valence-corrected chi connectivity index (χ4v) is 2.58. The van der Waals surface area contributed by atoms with Crippen molar-refractivity contribution in [2.24, 2.45) is 0 Å². The molecule has 0 aliphatic carbocycles. The summed E-state index contributed by atoms with van der Waals surface area (Å²) in [5, 5.41) is 2.78. The van der Waals surface area contributed by atoms with Crippen molar-refractivity contribution in [3.05, 3.63) is 53.1 Å². The number of esters is 1. The van der Waals surface area contributed by atoms with Gasteiger partial charge < -0.3 is 19.5 Å². The number of aryl methyl sites for hydroxylation is 2. The monoisotopic (exact) mass is 371 g/mol. The number of amides is 1. The van der Waals surface area contributed by atoms with Crippen LogP contribution >= 0.6 is 0 Å². The second kappa shape index (κ2) is 9.62. The van der Waals surface area contributed by atoms with Gasteiger partial charge in [-0.25, -0.2) is 4.79 Å². The van der Waals surface area contributed by atoms with Gasteiger partial charge in [0.05, 0.1) is 18.8 Å². The molecule has 27 heavy (non-hydrogen) atoms. The summed E-state index contributed by atoms with van der Waals surface area (Å²) in [4.78, 5) is 24.4. The zero-order chi connectivity index (χ0) is 19.8. The molecule has 0 atom stereocenters. The third-order valence-electron chi connectivity index (χ3n) is 3.86. The number of para-hydroxylation sites is 1. The normalized spacial score (nSPS) is 10.2. The van der Waals surface area contributed by atoms with Crippen LogP contribution in [0.15, 0.2) is 36.4 Å². The minimum Gasteiger partial charge on any atom is -0.490 e. The predicted octanol–water partition coefficient (Wildman–Crippen LogP) is 3.90. The first-order valence-electron chi connectivity index (χ1n) is 8.89. The van der Waals surface area contributed by atoms with Crippen molar-refractivity contribution in [3.8, 4) is 11.5 Å². The number of anilines is 1. The molecule has 1 N–H and O–H groups in total. The van der Waals surface area contributed by atoms with Crippen LogP contribution in [0.1, 0.15) is 35.3 Å². The molecule has 2 rings (SSSR count). The molecular formula is C21H25NO5. The Kier molecular flexibility index (Phi) is 7.23. The van der Waals surface area contributed by atoms with Crippen LogP contribution in [0.4, 0.5) is 5.69 Å². The van der Waals surface area contributed by atoms with E-state index in [0.29, 0.717) is 30.3 Å². The molecule has 0 heterocycles. The first-order valence-corrected chi connectivity index (χ1v) is 8.89. The molecule has 0 saturated heterocycles. The highest BCUT2D eigenvalue weighted by molar-refractivity contribution is 5.96. The molecule has 0 saturated carbocycles. The van der Waals surface area contributed by atoms with Gasteiger partial charge in [0.2, 0.25) is 0 Å². The molecule has 6 heteroatoms. The number of carbonyl (C=O) groups is 2. The lowest BCUT2D eigenvalue weighted by molar-refractivity contribution is -0.119. The van der Waals surface area contributed by atoms with Crippen LogP contribution in [0.3, 0.4) is 0 Å². The van der Waals surface area contributed by atoms with Crippen LogP contribution < -0.4 is 14.8 Å². The molecule has 1 amide bonds. The van der Waals surface area contributed by atoms with E-state index in [-0.39, 0.29) is 6.61 Å². The molecule has 0 radical (unpaired) electrons. The van der Waals surface area contributed by atoms with E-state index in [4.69, 9.17) is 14.2 Å². The van der Waals surface area contributed by atoms with Crippen molar-refractivity contribution in [2.75, 3.05) is 25.1 Å². The third kappa shape index (κ3) is 5.48. The van der Waals surface area contributed by atoms with Crippen LogP contribution in [-0.4, -0.2) is 31.7 Å². The minimum absolute atomic E-state index is 0.293. The molecular weight excluding hydrogens is 346 g/mol. The van der Waals surface area contributed by atoms with E-state index in [0.717, 1.165) is 16.8 Å². The standard InChI is InChI=1S/C21H25NO5/c1-5-25-17-11-10-16(12-18(17)26-6-2)21(24)27-13-19(23)22-20-14(3)8-7-9-15(20)4/h7-12H,5-6,13H2,1-4H3,(H,22,23). The van der Waals surface area contributed by atoms with Crippen LogP contribution in [0, 0.1) is 13.8 Å². The Hall–Kier alpha value is -3.02. The van der Waals surface area contributed by atoms with E-state index in [9.17, 15) is 9.59 Å². The molecule has 6 nitrogen and oxygen atoms in total. The zero-order valence-electron chi connectivity index (χ0n) is 16.1. The van der Waals surface area contributed by atoms with Gasteiger partial charge in [-0.3, -0.25) is 4.79 Å². The maximum Gasteiger partial charge on any atom is 0.338 e. The van der Waals surface area contributed by atoms with Crippen LogP contribution in [0.5, 0.6) is 11.5 Å². The summed E-state index contributed by atoms with van der Waals surface area (Å²) in [6.45, 7) is 8.09. The number of carbonyl (C=O) groups excluding carboxylic acids is 2. The van der Waals surface area contributed by atoms with E-state index in [1.54, 1.807) is 18.2 Å². The predicted molar refractivity (Wildman–Crippen MR) is 104 cm³/mol. The molecule has 0 aromatic heterocycles. The van der Waals surface area contributed by atoms with Gasteiger partial charge >= 0.3 is 5.97 Å². The van der Waals surface area contributed by atoms with E-state index in [1.165, 1.54) is 0 Å². The molecule has 0 aliphatic heterocycles. The lowest BCUT2D eigenvalue weighted by atomic mass is 10.1. The average molecular weight is 371 g/mol. The summed E-state index contributed by atoms with van der Waals surface area (Å²) in [6.07, 6.45) is 0. The first kappa shape index (κ1) is 20.3. The Bertz CT molecular complexity index is 796. The Morgan fingerprint density at radius 3 is 2.19 bits per heavy atom. The topological polar surface area (TPSA) is 73.9 Å². The number of rotatable bonds is 8. The summed E-state index contributed by atoms with van der Waals surface area (Å²) < 4.78 is 16.1. The molecule has 0 spiro atoms. The molecule has 0 aliphatic rings. The van der Waals surface area contributed by atoms with E-state index in [1.807, 2.05) is 45.9 Å². The molecule has 144 valence electrons. The Balaban J connectivity index is 2.00. The van der Waals surface area contributed by atoms with Gasteiger partial charge in [-0.2, -0.15) is 0 Å². The molecule has 2 aromatic carbocycles. The van der Waals surface area contributed by atoms with E-state index >= 15 is 0 Å². The minimum atomic E-state index is -0.601. The van der Waals surface area contributed by atoms with Crippen molar-refractivity contribution in [1.29, 1.82) is 0 Å². The van der Waals surface area contributed by atoms with Gasteiger partial charge in [0.15, 0.2) is 18.1 Å². The summed E-state index contributed by atoms with van der Waals surface area (Å²) in [7, 11) is 0. The average Bonchev–Trinajstić information content (AvgIpc) is 2.64. The second-order valence-corrected chi connectivity index (χ2v) is 5.92. The van der Waals surface area contributed by atoms with Crippen molar-refractivity contribution in [2.45, 2.75) is 27.7 Å². The van der Waals surface area contributed by atoms with Crippen molar-refractivity contribution in [1.82, 2.24) is 0 Å². The quantitative estimate of drug-likeness (QED) is 0.713. The molecule has 0 unspecified atom stereocenters. The fourth-order valence-electron chi connectivity index (χ4n) is 2.58. The van der Waals surface area contributed by atoms with Gasteiger partial charge in [0.25, 0.3) is 5.91 Å². The van der Waals surface area contributed by atoms with Crippen LogP contribution in [0.2, 0.25) is 0 Å². The maximum absolute atomic E-state index is 12.3. The largest absolute Gasteiger partial charge is 0.490 e. The smallest absolute Gasteiger partial charge is 0.338 e. The summed E-state index contributed by atoms with van der Waals surface area (Å²) in [5.41, 5.74) is 2.92. The molecule has 2 aromatic rings. The SMILES string of the molecule is CCOc1ccc(C(=O)OCC(=O)Nc2c(C)cccc2C)cc1OCC. The summed E-state index contributed by atoms with van der Waals surface area (Å²) in [6, 6.07) is 10.5. The van der Waals surface area contributed by atoms with E-state index in [2.05, 4.69) is 5.32 Å². The highest BCUT2D eigenvalue weighted by atomic mass is 16.5. The molecule has 0 bridgehead atoms. The Morgan fingerprint density at radius 2 is 1.56 bits per heavy atom. The van der Waals surface area contributed by atoms with Gasteiger partial charge in [-0.05, 0) is 57.0 Å². The molecule has 0 fully saturated rings. The zero-order valence-corrected chi connectivity index (χ0v) is 16.1. The summed E-state index contributed by atoms with van der Waals surface area (Å²) >= 11 is 0. The van der Waals surface area contributed by atoms with Gasteiger partial charge in [-0.1, -0.05) is 18.2 Å². The highest BCUT2D eigenvalue weighted by Gasteiger charge is 2.15. The Labute approximate surface area is 159 Å². The maximum atomic E-state index is 12.3. The van der Waals surface area contributed by atoms with Crippen molar-refractivity contribution >= 4 is 17.6 Å². The number of benzene rings is 2. The highest BCUT2D eigenvalue weighted by Crippen LogP contribution is 2.28. The summed E-state index contributed by atoms with van der Waals surface area (Å²) in [5.74, 6) is 0.0323. The number of ether oxygens (including phenoxy) is 3. The number of hydrogen-bond donors (Lipinski definition) is 1. The first-order chi connectivity index (χ1) is 13.0. The fraction of sp³-hybridized carbons (Fsp3) is 0.333. The lowest BCUT2D eigenvalue weighted by Crippen LogP contribution is -2.21. The van der Waals surface area contributed by atoms with Gasteiger partial charge in [0.1, 0.15) is 0 Å². The van der Waals surface area contributed by atoms with Crippen molar-refractivity contribution in [3.63, 3.8) is 0 Å². The third-order valence-corrected chi connectivity index (χ3v) is 3.86. The van der Waals surface area contributed by atoms with Crippen LogP contribution in [-0.2, 0) is 9.53 Å². The number of hydrogen-bond acceptors (Lipinski definition) is 5. The van der Waals surface area contributed by atoms with Gasteiger partial charge in [-0.15, -0.1) is 0 Å². The lowest BCUT2D eigenvalue weighted by Gasteiger charge is -2.13.